The number of nitrogens with two attached hydrogens (primary N) is 1. The van der Waals surface area contributed by atoms with E-state index in [0.717, 1.165) is 0 Å². The van der Waals surface area contributed by atoms with Crippen LogP contribution in [0, 0.1) is 11.3 Å². The number of quaternary nitrogens is 1. The minimum atomic E-state index is -0.236. The van der Waals surface area contributed by atoms with Gasteiger partial charge in [0.25, 0.3) is 0 Å². The van der Waals surface area contributed by atoms with Crippen LogP contribution in [0.15, 0.2) is 0 Å². The molecule has 0 aromatic rings. The second-order valence-corrected chi connectivity index (χ2v) is 2.12. The molecule has 7 heavy (non-hydrogen) atoms. The molecule has 0 spiro atoms. The predicted molar refractivity (Wildman–Crippen MR) is 27.5 cm³/mol. The van der Waals surface area contributed by atoms with Crippen molar-refractivity contribution in [2.24, 2.45) is 0 Å². The van der Waals surface area contributed by atoms with Crippen molar-refractivity contribution >= 4 is 0 Å². The first kappa shape index (κ1) is 6.45. The van der Waals surface area contributed by atoms with Gasteiger partial charge in [-0.1, -0.05) is 0 Å². The molecule has 0 unspecified atom stereocenters. The highest BCUT2D eigenvalue weighted by molar-refractivity contribution is 4.90. The maximum absolute atomic E-state index is 8.31. The zero-order valence-electron chi connectivity index (χ0n) is 5.02. The van der Waals surface area contributed by atoms with Crippen LogP contribution in [0.3, 0.4) is 0 Å². The summed E-state index contributed by atoms with van der Waals surface area (Å²) >= 11 is 0. The van der Waals surface area contributed by atoms with Gasteiger partial charge in [-0.3, -0.25) is 0 Å². The number of hydrogen-bond acceptors (Lipinski definition) is 1. The SMILES string of the molecule is C[NH2+]C(C)(C)C#N. The Kier molecular flexibility index (Phi) is 1.79. The number of nitriles is 1. The Hall–Kier alpha value is -0.550. The van der Waals surface area contributed by atoms with Gasteiger partial charge in [0, 0.05) is 13.8 Å². The fourth-order valence-electron chi connectivity index (χ4n) is 0.0645. The van der Waals surface area contributed by atoms with Gasteiger partial charge in [0.1, 0.15) is 6.07 Å². The summed E-state index contributed by atoms with van der Waals surface area (Å²) in [6.07, 6.45) is 0. The van der Waals surface area contributed by atoms with E-state index in [-0.39, 0.29) is 5.54 Å². The lowest BCUT2D eigenvalue weighted by molar-refractivity contribution is -0.681. The Morgan fingerprint density at radius 2 is 2.00 bits per heavy atom. The normalized spacial score (nSPS) is 10.6. The monoisotopic (exact) mass is 99.1 g/mol. The van der Waals surface area contributed by atoms with E-state index < -0.39 is 0 Å². The first-order chi connectivity index (χ1) is 3.12. The van der Waals surface area contributed by atoms with Crippen LogP contribution < -0.4 is 5.32 Å². The van der Waals surface area contributed by atoms with E-state index >= 15 is 0 Å². The van der Waals surface area contributed by atoms with Crippen molar-refractivity contribution in [1.82, 2.24) is 0 Å². The Labute approximate surface area is 44.1 Å². The van der Waals surface area contributed by atoms with Gasteiger partial charge in [0.2, 0.25) is 0 Å². The van der Waals surface area contributed by atoms with Gasteiger partial charge in [0.05, 0.1) is 7.05 Å². The molecule has 2 nitrogen and oxygen atoms in total. The summed E-state index contributed by atoms with van der Waals surface area (Å²) in [6, 6.07) is 2.14. The third kappa shape index (κ3) is 2.18. The molecule has 0 rings (SSSR count). The molecule has 0 aromatic heterocycles. The zero-order valence-corrected chi connectivity index (χ0v) is 5.02. The van der Waals surface area contributed by atoms with Gasteiger partial charge in [-0.2, -0.15) is 5.26 Å². The van der Waals surface area contributed by atoms with Crippen LogP contribution >= 0.6 is 0 Å². The summed E-state index contributed by atoms with van der Waals surface area (Å²) < 4.78 is 0. The van der Waals surface area contributed by atoms with Crippen LogP contribution in [0.25, 0.3) is 0 Å². The second kappa shape index (κ2) is 1.94. The Balaban J connectivity index is 3.66. The summed E-state index contributed by atoms with van der Waals surface area (Å²) in [5.41, 5.74) is -0.236. The fraction of sp³-hybridized carbons (Fsp3) is 0.800. The maximum atomic E-state index is 8.31. The van der Waals surface area contributed by atoms with Gasteiger partial charge in [-0.15, -0.1) is 0 Å². The summed E-state index contributed by atoms with van der Waals surface area (Å²) in [5.74, 6) is 0. The van der Waals surface area contributed by atoms with Crippen molar-refractivity contribution in [1.29, 1.82) is 5.26 Å². The van der Waals surface area contributed by atoms with E-state index in [4.69, 9.17) is 5.26 Å². The average molecular weight is 99.2 g/mol. The molecule has 40 valence electrons. The lowest BCUT2D eigenvalue weighted by Crippen LogP contribution is -2.91. The van der Waals surface area contributed by atoms with Gasteiger partial charge in [0.15, 0.2) is 5.54 Å². The van der Waals surface area contributed by atoms with Gasteiger partial charge < -0.3 is 5.32 Å². The Morgan fingerprint density at radius 1 is 1.57 bits per heavy atom. The molecule has 0 aliphatic carbocycles. The molecule has 0 bridgehead atoms. The molecule has 0 heterocycles. The molecule has 0 atom stereocenters. The highest BCUT2D eigenvalue weighted by atomic mass is 14.9. The third-order valence-electron chi connectivity index (χ3n) is 1.01. The highest BCUT2D eigenvalue weighted by Gasteiger charge is 2.15. The average Bonchev–Trinajstić information content (AvgIpc) is 1.68. The lowest BCUT2D eigenvalue weighted by atomic mass is 10.1. The van der Waals surface area contributed by atoms with Crippen molar-refractivity contribution in [3.63, 3.8) is 0 Å². The van der Waals surface area contributed by atoms with Gasteiger partial charge in [-0.25, -0.2) is 0 Å². The van der Waals surface area contributed by atoms with Crippen LogP contribution in [0.5, 0.6) is 0 Å². The summed E-state index contributed by atoms with van der Waals surface area (Å²) in [5, 5.41) is 10.2. The lowest BCUT2D eigenvalue weighted by Gasteiger charge is -2.07. The van der Waals surface area contributed by atoms with E-state index in [0.29, 0.717) is 0 Å². The van der Waals surface area contributed by atoms with Crippen molar-refractivity contribution in [2.45, 2.75) is 19.4 Å². The Morgan fingerprint density at radius 3 is 2.00 bits per heavy atom. The van der Waals surface area contributed by atoms with Crippen molar-refractivity contribution in [3.05, 3.63) is 0 Å². The summed E-state index contributed by atoms with van der Waals surface area (Å²) in [7, 11) is 1.89. The van der Waals surface area contributed by atoms with E-state index in [2.05, 4.69) is 6.07 Å². The molecule has 0 fully saturated rings. The van der Waals surface area contributed by atoms with Gasteiger partial charge in [-0.05, 0) is 0 Å². The molecule has 0 aliphatic rings. The fourth-order valence-corrected chi connectivity index (χ4v) is 0.0645. The minimum absolute atomic E-state index is 0.236. The first-order valence-electron chi connectivity index (χ1n) is 2.34. The molecule has 2 N–H and O–H groups in total. The molecule has 0 aromatic carbocycles. The highest BCUT2D eigenvalue weighted by Crippen LogP contribution is 1.86. The van der Waals surface area contributed by atoms with Crippen LogP contribution in [-0.2, 0) is 0 Å². The molecular weight excluding hydrogens is 88.1 g/mol. The maximum Gasteiger partial charge on any atom is 0.177 e. The standard InChI is InChI=1S/C5H10N2/c1-5(2,4-6)7-3/h7H,1-3H3/p+1. The summed E-state index contributed by atoms with van der Waals surface area (Å²) in [6.45, 7) is 3.76. The molecular formula is C5H11N2+. The number of nitrogens with zero attached hydrogens (tertiary/aromatic N) is 1. The largest absolute Gasteiger partial charge is 0.332 e. The van der Waals surface area contributed by atoms with E-state index in [1.54, 1.807) is 0 Å². The first-order valence-corrected chi connectivity index (χ1v) is 2.34. The van der Waals surface area contributed by atoms with Crippen LogP contribution in [0.1, 0.15) is 13.8 Å². The van der Waals surface area contributed by atoms with E-state index in [1.165, 1.54) is 0 Å². The second-order valence-electron chi connectivity index (χ2n) is 2.12. The molecule has 0 saturated heterocycles. The number of hydrogen-bond donors (Lipinski definition) is 1. The third-order valence-corrected chi connectivity index (χ3v) is 1.01. The zero-order chi connectivity index (χ0) is 5.91. The van der Waals surface area contributed by atoms with Crippen molar-refractivity contribution < 1.29 is 5.32 Å². The molecule has 2 heteroatoms. The predicted octanol–water partition coefficient (Wildman–Crippen LogP) is -0.518. The number of rotatable bonds is 1. The van der Waals surface area contributed by atoms with E-state index in [9.17, 15) is 0 Å². The minimum Gasteiger partial charge on any atom is -0.332 e. The van der Waals surface area contributed by atoms with E-state index in [1.807, 2.05) is 26.2 Å². The molecule has 0 radical (unpaired) electrons. The van der Waals surface area contributed by atoms with Crippen molar-refractivity contribution in [2.75, 3.05) is 7.05 Å². The molecule has 0 aliphatic heterocycles. The topological polar surface area (TPSA) is 40.4 Å². The van der Waals surface area contributed by atoms with Crippen molar-refractivity contribution in [3.8, 4) is 6.07 Å². The van der Waals surface area contributed by atoms with Crippen LogP contribution in [0.2, 0.25) is 0 Å². The van der Waals surface area contributed by atoms with Crippen LogP contribution in [-0.4, -0.2) is 12.6 Å². The molecule has 0 saturated carbocycles. The quantitative estimate of drug-likeness (QED) is 0.472. The van der Waals surface area contributed by atoms with Crippen LogP contribution in [0.4, 0.5) is 0 Å². The smallest absolute Gasteiger partial charge is 0.177 e. The Bertz CT molecular complexity index is 88.7. The molecule has 0 amide bonds. The van der Waals surface area contributed by atoms with Gasteiger partial charge >= 0.3 is 0 Å². The summed E-state index contributed by atoms with van der Waals surface area (Å²) in [4.78, 5) is 0.